The van der Waals surface area contributed by atoms with Gasteiger partial charge < -0.3 is 9.47 Å². The van der Waals surface area contributed by atoms with Crippen LogP contribution in [0.1, 0.15) is 44.3 Å². The summed E-state index contributed by atoms with van der Waals surface area (Å²) in [6.45, 7) is 6.47. The number of aryl methyl sites for hydroxylation is 1. The van der Waals surface area contributed by atoms with Gasteiger partial charge in [-0.1, -0.05) is 0 Å². The van der Waals surface area contributed by atoms with Crippen LogP contribution in [0.2, 0.25) is 0 Å². The normalized spacial score (nSPS) is 22.7. The molecular weight excluding hydrogens is 266 g/mol. The fraction of sp³-hybridized carbons (Fsp3) is 0.800. The van der Waals surface area contributed by atoms with E-state index in [2.05, 4.69) is 24.6 Å². The molecule has 0 unspecified atom stereocenters. The summed E-state index contributed by atoms with van der Waals surface area (Å²) in [5.74, 6) is 2.18. The smallest absolute Gasteiger partial charge is 0.219 e. The van der Waals surface area contributed by atoms with E-state index in [1.54, 1.807) is 6.92 Å². The third kappa shape index (κ3) is 3.10. The maximum atomic E-state index is 11.8. The molecule has 1 aromatic heterocycles. The van der Waals surface area contributed by atoms with Crippen molar-refractivity contribution >= 4 is 5.91 Å². The topological polar surface area (TPSA) is 54.3 Å². The van der Waals surface area contributed by atoms with Crippen LogP contribution in [-0.4, -0.2) is 55.6 Å². The van der Waals surface area contributed by atoms with Crippen molar-refractivity contribution in [2.24, 2.45) is 7.05 Å². The average molecular weight is 291 g/mol. The number of carbonyl (C=O) groups is 1. The molecule has 6 heteroatoms. The first-order chi connectivity index (χ1) is 10.1. The predicted octanol–water partition coefficient (Wildman–Crippen LogP) is 1.10. The van der Waals surface area contributed by atoms with Crippen molar-refractivity contribution in [1.82, 2.24) is 24.6 Å². The minimum atomic E-state index is 0.221. The Kier molecular flexibility index (Phi) is 3.97. The Hall–Kier alpha value is -1.43. The van der Waals surface area contributed by atoms with E-state index < -0.39 is 0 Å². The van der Waals surface area contributed by atoms with Crippen molar-refractivity contribution in [2.75, 3.05) is 13.1 Å². The lowest BCUT2D eigenvalue weighted by Crippen LogP contribution is -2.43. The lowest BCUT2D eigenvalue weighted by molar-refractivity contribution is -0.130. The monoisotopic (exact) mass is 291 g/mol. The lowest BCUT2D eigenvalue weighted by Gasteiger charge is -2.30. The van der Waals surface area contributed by atoms with Crippen molar-refractivity contribution in [3.8, 4) is 0 Å². The van der Waals surface area contributed by atoms with Gasteiger partial charge in [0.05, 0.1) is 6.54 Å². The first-order valence-electron chi connectivity index (χ1n) is 7.92. The van der Waals surface area contributed by atoms with Crippen molar-refractivity contribution in [2.45, 2.75) is 58.2 Å². The highest BCUT2D eigenvalue weighted by molar-refractivity contribution is 5.74. The van der Waals surface area contributed by atoms with E-state index >= 15 is 0 Å². The van der Waals surface area contributed by atoms with Crippen molar-refractivity contribution in [3.63, 3.8) is 0 Å². The summed E-state index contributed by atoms with van der Waals surface area (Å²) in [4.78, 5) is 16.4. The number of carbonyl (C=O) groups excluding carboxylic acids is 1. The van der Waals surface area contributed by atoms with Gasteiger partial charge in [-0.2, -0.15) is 0 Å². The Morgan fingerprint density at radius 3 is 2.67 bits per heavy atom. The molecule has 2 fully saturated rings. The van der Waals surface area contributed by atoms with E-state index in [-0.39, 0.29) is 5.91 Å². The number of aromatic nitrogens is 3. The fourth-order valence-corrected chi connectivity index (χ4v) is 3.23. The Bertz CT molecular complexity index is 522. The first-order valence-corrected chi connectivity index (χ1v) is 7.92. The molecule has 3 rings (SSSR count). The average Bonchev–Trinajstić information content (AvgIpc) is 3.12. The molecule has 0 aromatic carbocycles. The summed E-state index contributed by atoms with van der Waals surface area (Å²) in [6.07, 6.45) is 4.73. The highest BCUT2D eigenvalue weighted by Crippen LogP contribution is 2.29. The molecule has 1 saturated carbocycles. The maximum absolute atomic E-state index is 11.8. The van der Waals surface area contributed by atoms with Crippen LogP contribution < -0.4 is 0 Å². The summed E-state index contributed by atoms with van der Waals surface area (Å²) in [5.41, 5.74) is 0. The van der Waals surface area contributed by atoms with E-state index in [9.17, 15) is 4.79 Å². The number of hydrogen-bond donors (Lipinski definition) is 0. The summed E-state index contributed by atoms with van der Waals surface area (Å²) in [7, 11) is 2.02. The molecule has 1 aromatic rings. The molecule has 1 saturated heterocycles. The summed E-state index contributed by atoms with van der Waals surface area (Å²) in [5, 5.41) is 8.40. The molecule has 1 amide bonds. The molecular formula is C15H25N5O. The molecule has 1 aliphatic carbocycles. The van der Waals surface area contributed by atoms with Crippen molar-refractivity contribution in [1.29, 1.82) is 0 Å². The largest absolute Gasteiger partial charge is 0.338 e. The highest BCUT2D eigenvalue weighted by Gasteiger charge is 2.35. The molecule has 0 N–H and O–H groups in total. The third-order valence-electron chi connectivity index (χ3n) is 4.83. The standard InChI is InChI=1S/C15H25N5O/c1-11-16-17-15(18(11)3)10-19-8-4-5-14(19)9-20(12(2)21)13-6-7-13/h13-14H,4-10H2,1-3H3/t14-/m1/s1. The number of likely N-dealkylation sites (tertiary alicyclic amines) is 1. The molecule has 2 heterocycles. The Morgan fingerprint density at radius 1 is 1.33 bits per heavy atom. The van der Waals surface area contributed by atoms with E-state index in [1.165, 1.54) is 25.7 Å². The second kappa shape index (κ2) is 5.75. The van der Waals surface area contributed by atoms with E-state index in [0.717, 1.165) is 31.3 Å². The van der Waals surface area contributed by atoms with Gasteiger partial charge >= 0.3 is 0 Å². The number of amides is 1. The van der Waals surface area contributed by atoms with Gasteiger partial charge in [-0.05, 0) is 39.2 Å². The summed E-state index contributed by atoms with van der Waals surface area (Å²) in [6, 6.07) is 0.966. The number of nitrogens with zero attached hydrogens (tertiary/aromatic N) is 5. The second-order valence-electron chi connectivity index (χ2n) is 6.39. The number of rotatable bonds is 5. The van der Waals surface area contributed by atoms with Gasteiger partial charge in [-0.25, -0.2) is 0 Å². The fourth-order valence-electron chi connectivity index (χ4n) is 3.23. The molecule has 0 radical (unpaired) electrons. The molecule has 2 aliphatic rings. The van der Waals surface area contributed by atoms with Gasteiger partial charge in [0.25, 0.3) is 0 Å². The number of hydrogen-bond acceptors (Lipinski definition) is 4. The van der Waals surface area contributed by atoms with Gasteiger partial charge in [0.2, 0.25) is 5.91 Å². The van der Waals surface area contributed by atoms with Crippen molar-refractivity contribution < 1.29 is 4.79 Å². The molecule has 6 nitrogen and oxygen atoms in total. The highest BCUT2D eigenvalue weighted by atomic mass is 16.2. The zero-order valence-electron chi connectivity index (χ0n) is 13.2. The van der Waals surface area contributed by atoms with Crippen molar-refractivity contribution in [3.05, 3.63) is 11.6 Å². The van der Waals surface area contributed by atoms with E-state index in [4.69, 9.17) is 0 Å². The quantitative estimate of drug-likeness (QED) is 0.815. The van der Waals surface area contributed by atoms with Crippen LogP contribution in [0, 0.1) is 6.92 Å². The SMILES string of the molecule is CC(=O)N(C[C@H]1CCCN1Cc1nnc(C)n1C)C1CC1. The lowest BCUT2D eigenvalue weighted by atomic mass is 10.2. The van der Waals surface area contributed by atoms with Gasteiger partial charge in [0, 0.05) is 32.6 Å². The van der Waals surface area contributed by atoms with Crippen LogP contribution in [0.25, 0.3) is 0 Å². The molecule has 0 bridgehead atoms. The second-order valence-corrected chi connectivity index (χ2v) is 6.39. The van der Waals surface area contributed by atoms with Gasteiger partial charge in [-0.15, -0.1) is 10.2 Å². The molecule has 21 heavy (non-hydrogen) atoms. The summed E-state index contributed by atoms with van der Waals surface area (Å²) < 4.78 is 2.05. The molecule has 116 valence electrons. The maximum Gasteiger partial charge on any atom is 0.219 e. The summed E-state index contributed by atoms with van der Waals surface area (Å²) >= 11 is 0. The van der Waals surface area contributed by atoms with E-state index in [0.29, 0.717) is 12.1 Å². The Balaban J connectivity index is 1.65. The third-order valence-corrected chi connectivity index (χ3v) is 4.83. The van der Waals surface area contributed by atoms with Gasteiger partial charge in [-0.3, -0.25) is 9.69 Å². The van der Waals surface area contributed by atoms with Crippen LogP contribution in [0.4, 0.5) is 0 Å². The van der Waals surface area contributed by atoms with Crippen LogP contribution in [-0.2, 0) is 18.4 Å². The van der Waals surface area contributed by atoms with Crippen LogP contribution in [0.15, 0.2) is 0 Å². The Labute approximate surface area is 126 Å². The van der Waals surface area contributed by atoms with E-state index in [1.807, 2.05) is 14.0 Å². The van der Waals surface area contributed by atoms with Crippen LogP contribution in [0.5, 0.6) is 0 Å². The Morgan fingerprint density at radius 2 is 2.10 bits per heavy atom. The van der Waals surface area contributed by atoms with Gasteiger partial charge in [0.15, 0.2) is 0 Å². The van der Waals surface area contributed by atoms with Crippen LogP contribution >= 0.6 is 0 Å². The first kappa shape index (κ1) is 14.5. The van der Waals surface area contributed by atoms with Crippen LogP contribution in [0.3, 0.4) is 0 Å². The predicted molar refractivity (Wildman–Crippen MR) is 79.6 cm³/mol. The molecule has 0 spiro atoms. The minimum absolute atomic E-state index is 0.221. The zero-order valence-corrected chi connectivity index (χ0v) is 13.2. The molecule has 1 atom stereocenters. The van der Waals surface area contributed by atoms with Gasteiger partial charge in [0.1, 0.15) is 11.6 Å². The zero-order chi connectivity index (χ0) is 15.0. The molecule has 1 aliphatic heterocycles. The minimum Gasteiger partial charge on any atom is -0.338 e.